The molecular weight excluding hydrogens is 244 g/mol. The number of thiazole rings is 1. The number of nitrogens with zero attached hydrogens (tertiary/aromatic N) is 1. The van der Waals surface area contributed by atoms with Crippen LogP contribution in [0.4, 0.5) is 0 Å². The predicted octanol–water partition coefficient (Wildman–Crippen LogP) is 3.17. The second kappa shape index (κ2) is 6.13. The highest BCUT2D eigenvalue weighted by molar-refractivity contribution is 7.12. The van der Waals surface area contributed by atoms with Gasteiger partial charge in [-0.05, 0) is 27.2 Å². The van der Waals surface area contributed by atoms with Gasteiger partial charge in [0.05, 0.1) is 10.7 Å². The third-order valence-corrected chi connectivity index (χ3v) is 4.73. The van der Waals surface area contributed by atoms with Crippen molar-refractivity contribution in [1.82, 2.24) is 10.3 Å². The maximum Gasteiger partial charge on any atom is 0.0985 e. The molecule has 1 heterocycles. The van der Waals surface area contributed by atoms with E-state index in [9.17, 15) is 0 Å². The molecule has 0 aliphatic rings. The second-order valence-electron chi connectivity index (χ2n) is 6.02. The number of hydrogen-bond acceptors (Lipinski definition) is 4. The van der Waals surface area contributed by atoms with E-state index in [4.69, 9.17) is 5.11 Å². The number of aliphatic hydroxyl groups excluding tert-OH is 1. The lowest BCUT2D eigenvalue weighted by Crippen LogP contribution is -2.29. The fourth-order valence-electron chi connectivity index (χ4n) is 1.91. The van der Waals surface area contributed by atoms with Gasteiger partial charge in [-0.1, -0.05) is 20.8 Å². The Labute approximate surface area is 115 Å². The Hall–Kier alpha value is -0.450. The molecule has 1 rings (SSSR count). The molecular formula is C14H26N2OS. The highest BCUT2D eigenvalue weighted by atomic mass is 32.1. The average molecular weight is 270 g/mol. The number of aryl methyl sites for hydroxylation is 1. The van der Waals surface area contributed by atoms with E-state index < -0.39 is 0 Å². The zero-order valence-electron chi connectivity index (χ0n) is 12.4. The number of nitrogens with one attached hydrogen (secondary N) is 1. The SMILES string of the molecule is Cc1nc(C(C)(C)C)sc1C(C)N[C@H](C)CCO. The zero-order chi connectivity index (χ0) is 13.9. The van der Waals surface area contributed by atoms with E-state index in [-0.39, 0.29) is 12.0 Å². The molecule has 0 amide bonds. The number of aromatic nitrogens is 1. The van der Waals surface area contributed by atoms with Gasteiger partial charge in [0.15, 0.2) is 0 Å². The summed E-state index contributed by atoms with van der Waals surface area (Å²) in [6.45, 7) is 13.2. The first-order chi connectivity index (χ1) is 8.25. The summed E-state index contributed by atoms with van der Waals surface area (Å²) in [5.74, 6) is 0. The van der Waals surface area contributed by atoms with Crippen molar-refractivity contribution in [3.8, 4) is 0 Å². The Kier molecular flexibility index (Phi) is 5.32. The maximum absolute atomic E-state index is 8.94. The van der Waals surface area contributed by atoms with Crippen molar-refractivity contribution >= 4 is 11.3 Å². The minimum Gasteiger partial charge on any atom is -0.396 e. The standard InChI is InChI=1S/C14H26N2OS/c1-9(7-8-17)15-10(2)12-11(3)16-13(18-12)14(4,5)6/h9-10,15,17H,7-8H2,1-6H3/t9-,10?/m1/s1. The van der Waals surface area contributed by atoms with Crippen LogP contribution in [0.25, 0.3) is 0 Å². The van der Waals surface area contributed by atoms with Gasteiger partial charge in [-0.3, -0.25) is 0 Å². The van der Waals surface area contributed by atoms with E-state index in [0.29, 0.717) is 12.1 Å². The van der Waals surface area contributed by atoms with Crippen LogP contribution in [-0.4, -0.2) is 22.7 Å². The molecule has 0 saturated carbocycles. The van der Waals surface area contributed by atoms with Gasteiger partial charge in [-0.2, -0.15) is 0 Å². The Morgan fingerprint density at radius 2 is 1.94 bits per heavy atom. The van der Waals surface area contributed by atoms with Crippen LogP contribution in [0, 0.1) is 6.92 Å². The van der Waals surface area contributed by atoms with Gasteiger partial charge < -0.3 is 10.4 Å². The van der Waals surface area contributed by atoms with Crippen molar-refractivity contribution in [3.05, 3.63) is 15.6 Å². The molecule has 0 fully saturated rings. The quantitative estimate of drug-likeness (QED) is 0.864. The van der Waals surface area contributed by atoms with Crippen LogP contribution in [0.15, 0.2) is 0 Å². The molecule has 0 radical (unpaired) electrons. The fourth-order valence-corrected chi connectivity index (χ4v) is 3.05. The van der Waals surface area contributed by atoms with E-state index in [1.165, 1.54) is 9.88 Å². The van der Waals surface area contributed by atoms with Gasteiger partial charge in [0.1, 0.15) is 0 Å². The first-order valence-corrected chi connectivity index (χ1v) is 7.42. The van der Waals surface area contributed by atoms with Crippen LogP contribution in [0.5, 0.6) is 0 Å². The lowest BCUT2D eigenvalue weighted by molar-refractivity contribution is 0.265. The molecule has 0 saturated heterocycles. The van der Waals surface area contributed by atoms with Crippen LogP contribution < -0.4 is 5.32 Å². The lowest BCUT2D eigenvalue weighted by Gasteiger charge is -2.19. The first kappa shape index (κ1) is 15.6. The summed E-state index contributed by atoms with van der Waals surface area (Å²) in [6, 6.07) is 0.615. The van der Waals surface area contributed by atoms with Crippen molar-refractivity contribution in [2.45, 2.75) is 65.5 Å². The molecule has 0 spiro atoms. The molecule has 2 atom stereocenters. The van der Waals surface area contributed by atoms with Crippen molar-refractivity contribution in [3.63, 3.8) is 0 Å². The number of rotatable bonds is 5. The summed E-state index contributed by atoms with van der Waals surface area (Å²) in [4.78, 5) is 6.00. The molecule has 0 aromatic carbocycles. The van der Waals surface area contributed by atoms with Crippen LogP contribution in [0.3, 0.4) is 0 Å². The largest absolute Gasteiger partial charge is 0.396 e. The first-order valence-electron chi connectivity index (χ1n) is 6.60. The van der Waals surface area contributed by atoms with E-state index in [0.717, 1.165) is 12.1 Å². The van der Waals surface area contributed by atoms with E-state index in [1.807, 2.05) is 0 Å². The number of hydrogen-bond donors (Lipinski definition) is 2. The molecule has 18 heavy (non-hydrogen) atoms. The van der Waals surface area contributed by atoms with Crippen LogP contribution in [0.1, 0.15) is 62.7 Å². The Balaban J connectivity index is 2.80. The van der Waals surface area contributed by atoms with Crippen molar-refractivity contribution in [2.24, 2.45) is 0 Å². The Bertz CT molecular complexity index is 382. The molecule has 4 heteroatoms. The van der Waals surface area contributed by atoms with Gasteiger partial charge in [0, 0.05) is 29.0 Å². The van der Waals surface area contributed by atoms with Gasteiger partial charge in [-0.25, -0.2) is 4.98 Å². The van der Waals surface area contributed by atoms with Crippen LogP contribution >= 0.6 is 11.3 Å². The Morgan fingerprint density at radius 3 is 2.39 bits per heavy atom. The van der Waals surface area contributed by atoms with Gasteiger partial charge >= 0.3 is 0 Å². The number of aliphatic hydroxyl groups is 1. The fraction of sp³-hybridized carbons (Fsp3) is 0.786. The maximum atomic E-state index is 8.94. The summed E-state index contributed by atoms with van der Waals surface area (Å²) in [5.41, 5.74) is 1.24. The normalized spacial score (nSPS) is 15.7. The van der Waals surface area contributed by atoms with Gasteiger partial charge in [0.25, 0.3) is 0 Å². The van der Waals surface area contributed by atoms with Crippen molar-refractivity contribution in [2.75, 3.05) is 6.61 Å². The monoisotopic (exact) mass is 270 g/mol. The molecule has 1 aromatic heterocycles. The third kappa shape index (κ3) is 4.04. The van der Waals surface area contributed by atoms with E-state index in [1.54, 1.807) is 11.3 Å². The smallest absolute Gasteiger partial charge is 0.0985 e. The van der Waals surface area contributed by atoms with Crippen molar-refractivity contribution < 1.29 is 5.11 Å². The van der Waals surface area contributed by atoms with Crippen LogP contribution in [0.2, 0.25) is 0 Å². The van der Waals surface area contributed by atoms with E-state index in [2.05, 4.69) is 51.8 Å². The topological polar surface area (TPSA) is 45.2 Å². The lowest BCUT2D eigenvalue weighted by atomic mass is 9.98. The van der Waals surface area contributed by atoms with Crippen LogP contribution in [-0.2, 0) is 5.41 Å². The molecule has 104 valence electrons. The molecule has 3 nitrogen and oxygen atoms in total. The third-order valence-electron chi connectivity index (χ3n) is 2.96. The van der Waals surface area contributed by atoms with Crippen molar-refractivity contribution in [1.29, 1.82) is 0 Å². The van der Waals surface area contributed by atoms with E-state index >= 15 is 0 Å². The van der Waals surface area contributed by atoms with Gasteiger partial charge in [0.2, 0.25) is 0 Å². The molecule has 0 aliphatic carbocycles. The summed E-state index contributed by atoms with van der Waals surface area (Å²) >= 11 is 1.80. The predicted molar refractivity (Wildman–Crippen MR) is 78.3 cm³/mol. The second-order valence-corrected chi connectivity index (χ2v) is 7.05. The summed E-state index contributed by atoms with van der Waals surface area (Å²) in [5, 5.41) is 13.6. The molecule has 2 N–H and O–H groups in total. The highest BCUT2D eigenvalue weighted by Crippen LogP contribution is 2.32. The minimum absolute atomic E-state index is 0.115. The van der Waals surface area contributed by atoms with Gasteiger partial charge in [-0.15, -0.1) is 11.3 Å². The highest BCUT2D eigenvalue weighted by Gasteiger charge is 2.22. The average Bonchev–Trinajstić information content (AvgIpc) is 2.60. The molecule has 0 aliphatic heterocycles. The summed E-state index contributed by atoms with van der Waals surface area (Å²) in [7, 11) is 0. The molecule has 0 bridgehead atoms. The summed E-state index contributed by atoms with van der Waals surface area (Å²) in [6.07, 6.45) is 0.786. The Morgan fingerprint density at radius 1 is 1.33 bits per heavy atom. The minimum atomic E-state index is 0.115. The zero-order valence-corrected chi connectivity index (χ0v) is 13.2. The molecule has 1 aromatic rings. The molecule has 1 unspecified atom stereocenters. The summed E-state index contributed by atoms with van der Waals surface area (Å²) < 4.78 is 0.